The van der Waals surface area contributed by atoms with Gasteiger partial charge in [-0.15, -0.1) is 0 Å². The molecular formula is C19H37F2NOY. The average molecular weight is 422 g/mol. The number of alkyl halides is 2. The van der Waals surface area contributed by atoms with Crippen LogP contribution < -0.4 is 4.74 Å². The molecular weight excluding hydrogens is 385 g/mol. The average Bonchev–Trinajstić information content (AvgIpc) is 2.36. The molecule has 0 N–H and O–H groups in total. The molecule has 1 aliphatic rings. The Kier molecular flexibility index (Phi) is 18.7. The van der Waals surface area contributed by atoms with Crippen molar-refractivity contribution in [2.24, 2.45) is 0 Å². The van der Waals surface area contributed by atoms with Crippen LogP contribution in [0.1, 0.15) is 61.5 Å². The van der Waals surface area contributed by atoms with Crippen molar-refractivity contribution in [3.63, 3.8) is 0 Å². The number of halogens is 2. The first-order valence-corrected chi connectivity index (χ1v) is 7.01. The zero-order valence-corrected chi connectivity index (χ0v) is 16.4. The standard InChI is InChI=1S/C10H14O.C6H11F2N.3CH4.Y/c1-8(2)9-5-4-6-10(7-9)11-3;1-5(2)9-3-6(7,8)4-9;;;;/h4-8H,1-3H3;5H,3-4H2,1-2H3;3*1H4;. The van der Waals surface area contributed by atoms with Gasteiger partial charge in [-0.3, -0.25) is 4.90 Å². The zero-order chi connectivity index (χ0) is 15.3. The summed E-state index contributed by atoms with van der Waals surface area (Å²) in [5.41, 5.74) is 1.32. The van der Waals surface area contributed by atoms with E-state index in [4.69, 9.17) is 4.74 Å². The minimum atomic E-state index is -2.40. The van der Waals surface area contributed by atoms with Crippen LogP contribution in [0.25, 0.3) is 0 Å². The molecule has 1 aromatic carbocycles. The fourth-order valence-corrected chi connectivity index (χ4v) is 1.91. The summed E-state index contributed by atoms with van der Waals surface area (Å²) in [7, 11) is 1.69. The van der Waals surface area contributed by atoms with Crippen LogP contribution >= 0.6 is 0 Å². The van der Waals surface area contributed by atoms with Crippen LogP contribution in [-0.4, -0.2) is 37.1 Å². The molecule has 0 bridgehead atoms. The van der Waals surface area contributed by atoms with E-state index in [0.717, 1.165) is 5.75 Å². The molecule has 0 saturated carbocycles. The summed E-state index contributed by atoms with van der Waals surface area (Å²) < 4.78 is 29.3. The summed E-state index contributed by atoms with van der Waals surface area (Å²) >= 11 is 0. The summed E-state index contributed by atoms with van der Waals surface area (Å²) in [6.07, 6.45) is 0. The van der Waals surface area contributed by atoms with Crippen LogP contribution in [0.5, 0.6) is 5.75 Å². The smallest absolute Gasteiger partial charge is 0.272 e. The summed E-state index contributed by atoms with van der Waals surface area (Å²) in [5.74, 6) is -0.883. The maximum absolute atomic E-state index is 12.1. The van der Waals surface area contributed by atoms with Gasteiger partial charge in [-0.1, -0.05) is 48.3 Å². The molecule has 0 spiro atoms. The molecule has 0 aromatic heterocycles. The van der Waals surface area contributed by atoms with E-state index in [2.05, 4.69) is 26.0 Å². The minimum Gasteiger partial charge on any atom is -0.497 e. The number of hydrogen-bond acceptors (Lipinski definition) is 2. The Labute approximate surface area is 174 Å². The minimum absolute atomic E-state index is 0. The van der Waals surface area contributed by atoms with Crippen molar-refractivity contribution in [3.8, 4) is 5.75 Å². The summed E-state index contributed by atoms with van der Waals surface area (Å²) in [5, 5.41) is 0. The van der Waals surface area contributed by atoms with Gasteiger partial charge in [0.15, 0.2) is 0 Å². The Hall–Kier alpha value is -0.0561. The van der Waals surface area contributed by atoms with Gasteiger partial charge >= 0.3 is 0 Å². The van der Waals surface area contributed by atoms with Crippen LogP contribution in [0.15, 0.2) is 24.3 Å². The predicted octanol–water partition coefficient (Wildman–Crippen LogP) is 6.07. The Balaban J connectivity index is -0.000000145. The van der Waals surface area contributed by atoms with Crippen molar-refractivity contribution in [2.75, 3.05) is 20.2 Å². The van der Waals surface area contributed by atoms with Crippen molar-refractivity contribution in [1.82, 2.24) is 4.90 Å². The largest absolute Gasteiger partial charge is 0.497 e. The Morgan fingerprint density at radius 2 is 1.54 bits per heavy atom. The number of hydrogen-bond donors (Lipinski definition) is 0. The molecule has 0 amide bonds. The van der Waals surface area contributed by atoms with Crippen molar-refractivity contribution in [2.45, 2.75) is 67.9 Å². The first kappa shape index (κ1) is 31.7. The van der Waals surface area contributed by atoms with Crippen LogP contribution in [0.4, 0.5) is 8.78 Å². The maximum atomic E-state index is 12.1. The van der Waals surface area contributed by atoms with E-state index in [0.29, 0.717) is 5.92 Å². The van der Waals surface area contributed by atoms with Crippen LogP contribution in [-0.2, 0) is 32.7 Å². The van der Waals surface area contributed by atoms with Crippen LogP contribution in [0.2, 0.25) is 0 Å². The maximum Gasteiger partial charge on any atom is 0.272 e. The Bertz CT molecular complexity index is 418. The van der Waals surface area contributed by atoms with E-state index in [1.165, 1.54) is 5.56 Å². The number of methoxy groups -OCH3 is 1. The fourth-order valence-electron chi connectivity index (χ4n) is 1.91. The van der Waals surface area contributed by atoms with E-state index in [1.54, 1.807) is 12.0 Å². The van der Waals surface area contributed by atoms with Gasteiger partial charge in [0.25, 0.3) is 5.92 Å². The van der Waals surface area contributed by atoms with E-state index in [1.807, 2.05) is 26.0 Å². The third-order valence-corrected chi connectivity index (χ3v) is 3.36. The second kappa shape index (κ2) is 14.1. The molecule has 0 unspecified atom stereocenters. The molecule has 1 fully saturated rings. The molecule has 1 heterocycles. The molecule has 0 aliphatic carbocycles. The molecule has 5 heteroatoms. The van der Waals surface area contributed by atoms with Crippen molar-refractivity contribution in [3.05, 3.63) is 29.8 Å². The van der Waals surface area contributed by atoms with Gasteiger partial charge in [0.2, 0.25) is 0 Å². The number of likely N-dealkylation sites (tertiary alicyclic amines) is 1. The van der Waals surface area contributed by atoms with Crippen molar-refractivity contribution < 1.29 is 46.2 Å². The topological polar surface area (TPSA) is 12.5 Å². The first-order chi connectivity index (χ1) is 9.25. The van der Waals surface area contributed by atoms with Gasteiger partial charge in [0, 0.05) is 38.8 Å². The molecule has 1 radical (unpaired) electrons. The third-order valence-electron chi connectivity index (χ3n) is 3.36. The van der Waals surface area contributed by atoms with Crippen molar-refractivity contribution in [1.29, 1.82) is 0 Å². The molecule has 141 valence electrons. The molecule has 2 rings (SSSR count). The van der Waals surface area contributed by atoms with E-state index < -0.39 is 5.92 Å². The predicted molar refractivity (Wildman–Crippen MR) is 98.9 cm³/mol. The van der Waals surface area contributed by atoms with Crippen molar-refractivity contribution >= 4 is 0 Å². The van der Waals surface area contributed by atoms with E-state index in [-0.39, 0.29) is 74.1 Å². The summed E-state index contributed by atoms with van der Waals surface area (Å²) in [6, 6.07) is 8.45. The second-order valence-electron chi connectivity index (χ2n) is 5.79. The van der Waals surface area contributed by atoms with E-state index in [9.17, 15) is 8.78 Å². The molecule has 1 saturated heterocycles. The second-order valence-corrected chi connectivity index (χ2v) is 5.79. The number of rotatable bonds is 3. The monoisotopic (exact) mass is 422 g/mol. The van der Waals surface area contributed by atoms with E-state index >= 15 is 0 Å². The fraction of sp³-hybridized carbons (Fsp3) is 0.684. The number of nitrogens with zero attached hydrogens (tertiary/aromatic N) is 1. The quantitative estimate of drug-likeness (QED) is 0.586. The van der Waals surface area contributed by atoms with Gasteiger partial charge in [-0.2, -0.15) is 0 Å². The first-order valence-electron chi connectivity index (χ1n) is 7.01. The Morgan fingerprint density at radius 1 is 1.04 bits per heavy atom. The van der Waals surface area contributed by atoms with Gasteiger partial charge in [-0.25, -0.2) is 8.78 Å². The van der Waals surface area contributed by atoms with Crippen LogP contribution in [0, 0.1) is 0 Å². The van der Waals surface area contributed by atoms with Gasteiger partial charge in [0.1, 0.15) is 5.75 Å². The van der Waals surface area contributed by atoms with Gasteiger partial charge in [-0.05, 0) is 37.5 Å². The number of benzene rings is 1. The van der Waals surface area contributed by atoms with Gasteiger partial charge in [0.05, 0.1) is 20.2 Å². The number of ether oxygens (including phenoxy) is 1. The molecule has 1 aliphatic heterocycles. The Morgan fingerprint density at radius 3 is 1.83 bits per heavy atom. The third kappa shape index (κ3) is 10.7. The molecule has 24 heavy (non-hydrogen) atoms. The molecule has 2 nitrogen and oxygen atoms in total. The molecule has 1 aromatic rings. The van der Waals surface area contributed by atoms with Crippen LogP contribution in [0.3, 0.4) is 0 Å². The molecule has 0 atom stereocenters. The summed E-state index contributed by atoms with van der Waals surface area (Å²) in [6.45, 7) is 8.10. The van der Waals surface area contributed by atoms with Gasteiger partial charge < -0.3 is 4.74 Å². The summed E-state index contributed by atoms with van der Waals surface area (Å²) in [4.78, 5) is 1.75. The normalized spacial score (nSPS) is 14.5. The zero-order valence-electron chi connectivity index (χ0n) is 13.6. The SMILES string of the molecule is C.C.C.CC(C)N1CC(F)(F)C1.COc1cccc(C(C)C)c1.[Y].